The number of benzene rings is 1. The molecule has 0 radical (unpaired) electrons. The number of nitrogens with zero attached hydrogens (tertiary/aromatic N) is 2. The monoisotopic (exact) mass is 320 g/mol. The van der Waals surface area contributed by atoms with Gasteiger partial charge in [-0.05, 0) is 18.7 Å². The summed E-state index contributed by atoms with van der Waals surface area (Å²) in [4.78, 5) is 0. The maximum Gasteiger partial charge on any atom is 0.418 e. The van der Waals surface area contributed by atoms with Crippen molar-refractivity contribution < 1.29 is 17.6 Å². The van der Waals surface area contributed by atoms with Crippen molar-refractivity contribution in [3.8, 4) is 0 Å². The summed E-state index contributed by atoms with van der Waals surface area (Å²) in [6, 6.07) is 3.33. The van der Waals surface area contributed by atoms with E-state index in [1.165, 1.54) is 12.1 Å². The maximum atomic E-state index is 12.9. The summed E-state index contributed by atoms with van der Waals surface area (Å²) in [7, 11) is 0. The number of nitrogens with one attached hydrogen (secondary N) is 2. The number of anilines is 2. The molecule has 1 aromatic heterocycles. The van der Waals surface area contributed by atoms with Crippen molar-refractivity contribution in [1.82, 2.24) is 15.5 Å². The van der Waals surface area contributed by atoms with Crippen molar-refractivity contribution in [1.29, 1.82) is 0 Å². The third kappa shape index (κ3) is 3.85. The lowest BCUT2D eigenvalue weighted by molar-refractivity contribution is -0.136. The Bertz CT molecular complexity index is 615. The first-order chi connectivity index (χ1) is 9.91. The Labute approximate surface area is 123 Å². The van der Waals surface area contributed by atoms with Gasteiger partial charge in [0.25, 0.3) is 0 Å². The van der Waals surface area contributed by atoms with Crippen molar-refractivity contribution in [2.45, 2.75) is 19.6 Å². The van der Waals surface area contributed by atoms with E-state index in [2.05, 4.69) is 20.8 Å². The lowest BCUT2D eigenvalue weighted by atomic mass is 10.1. The zero-order chi connectivity index (χ0) is 15.5. The zero-order valence-corrected chi connectivity index (χ0v) is 11.7. The van der Waals surface area contributed by atoms with Gasteiger partial charge in [-0.15, -0.1) is 5.10 Å². The van der Waals surface area contributed by atoms with Crippen LogP contribution < -0.4 is 10.6 Å². The molecule has 0 spiro atoms. The van der Waals surface area contributed by atoms with E-state index in [4.69, 9.17) is 16.0 Å². The number of hydrogen-bond donors (Lipinski definition) is 2. The highest BCUT2D eigenvalue weighted by Gasteiger charge is 2.34. The van der Waals surface area contributed by atoms with E-state index in [1.54, 1.807) is 0 Å². The second-order valence-corrected chi connectivity index (χ2v) is 4.47. The van der Waals surface area contributed by atoms with Gasteiger partial charge in [-0.1, -0.05) is 29.7 Å². The lowest BCUT2D eigenvalue weighted by Crippen LogP contribution is -2.11. The first kappa shape index (κ1) is 15.6. The molecule has 0 unspecified atom stereocenters. The Morgan fingerprint density at radius 3 is 2.71 bits per heavy atom. The highest BCUT2D eigenvalue weighted by Crippen LogP contribution is 2.39. The van der Waals surface area contributed by atoms with Crippen molar-refractivity contribution in [2.75, 3.05) is 11.9 Å². The van der Waals surface area contributed by atoms with Gasteiger partial charge in [0, 0.05) is 0 Å². The first-order valence-electron chi connectivity index (χ1n) is 6.07. The fourth-order valence-electron chi connectivity index (χ4n) is 1.60. The van der Waals surface area contributed by atoms with Gasteiger partial charge in [-0.3, -0.25) is 0 Å². The number of rotatable bonds is 5. The largest absolute Gasteiger partial charge is 0.418 e. The van der Waals surface area contributed by atoms with E-state index in [9.17, 15) is 13.2 Å². The number of para-hydroxylation sites is 1. The minimum absolute atomic E-state index is 0.0868. The van der Waals surface area contributed by atoms with Gasteiger partial charge in [-0.25, -0.2) is 0 Å². The minimum atomic E-state index is -4.54. The van der Waals surface area contributed by atoms with Gasteiger partial charge in [-0.2, -0.15) is 13.2 Å². The highest BCUT2D eigenvalue weighted by molar-refractivity contribution is 6.33. The van der Waals surface area contributed by atoms with Gasteiger partial charge in [0.15, 0.2) is 0 Å². The molecule has 1 heterocycles. The first-order valence-corrected chi connectivity index (χ1v) is 6.45. The van der Waals surface area contributed by atoms with E-state index in [-0.39, 0.29) is 22.6 Å². The molecule has 0 bridgehead atoms. The maximum absolute atomic E-state index is 12.9. The molecule has 0 fully saturated rings. The molecule has 9 heteroatoms. The van der Waals surface area contributed by atoms with Crippen molar-refractivity contribution in [3.63, 3.8) is 0 Å². The van der Waals surface area contributed by atoms with Gasteiger partial charge in [0.05, 0.1) is 22.8 Å². The van der Waals surface area contributed by atoms with Crippen LogP contribution in [0.15, 0.2) is 22.6 Å². The van der Waals surface area contributed by atoms with Gasteiger partial charge < -0.3 is 15.1 Å². The zero-order valence-electron chi connectivity index (χ0n) is 11.0. The lowest BCUT2D eigenvalue weighted by Gasteiger charge is -2.13. The van der Waals surface area contributed by atoms with Crippen molar-refractivity contribution >= 4 is 23.3 Å². The predicted octanol–water partition coefficient (Wildman–Crippen LogP) is 3.59. The van der Waals surface area contributed by atoms with E-state index in [1.807, 2.05) is 6.92 Å². The summed E-state index contributed by atoms with van der Waals surface area (Å²) in [6.07, 6.45) is -4.54. The van der Waals surface area contributed by atoms with Crippen LogP contribution in [-0.4, -0.2) is 16.7 Å². The molecule has 0 amide bonds. The number of halogens is 4. The number of aromatic nitrogens is 2. The minimum Gasteiger partial charge on any atom is -0.406 e. The molecule has 0 aliphatic heterocycles. The summed E-state index contributed by atoms with van der Waals surface area (Å²) in [5, 5.41) is 12.6. The third-order valence-electron chi connectivity index (χ3n) is 2.54. The molecular weight excluding hydrogens is 309 g/mol. The molecule has 114 valence electrons. The van der Waals surface area contributed by atoms with Crippen molar-refractivity contribution in [2.24, 2.45) is 0 Å². The van der Waals surface area contributed by atoms with E-state index < -0.39 is 11.7 Å². The molecule has 0 aliphatic rings. The summed E-state index contributed by atoms with van der Waals surface area (Å²) < 4.78 is 44.0. The van der Waals surface area contributed by atoms with Crippen LogP contribution in [0.1, 0.15) is 18.4 Å². The smallest absolute Gasteiger partial charge is 0.406 e. The molecule has 0 saturated carbocycles. The summed E-state index contributed by atoms with van der Waals surface area (Å²) in [5.41, 5.74) is -1.22. The van der Waals surface area contributed by atoms with Crippen LogP contribution in [0.4, 0.5) is 24.9 Å². The van der Waals surface area contributed by atoms with E-state index >= 15 is 0 Å². The molecule has 0 aliphatic carbocycles. The van der Waals surface area contributed by atoms with Crippen LogP contribution in [-0.2, 0) is 12.7 Å². The average molecular weight is 321 g/mol. The Balaban J connectivity index is 2.25. The Morgan fingerprint density at radius 2 is 2.05 bits per heavy atom. The van der Waals surface area contributed by atoms with E-state index in [0.717, 1.165) is 6.07 Å². The molecule has 0 saturated heterocycles. The summed E-state index contributed by atoms with van der Waals surface area (Å²) >= 11 is 5.81. The fourth-order valence-corrected chi connectivity index (χ4v) is 1.82. The molecule has 21 heavy (non-hydrogen) atoms. The Hall–Kier alpha value is -1.80. The SMILES string of the molecule is CCNCc1nnc(Nc2c(Cl)cccc2C(F)(F)F)o1. The molecule has 5 nitrogen and oxygen atoms in total. The van der Waals surface area contributed by atoms with Gasteiger partial charge >= 0.3 is 12.2 Å². The molecular formula is C12H12ClF3N4O. The number of alkyl halides is 3. The third-order valence-corrected chi connectivity index (χ3v) is 2.86. The van der Waals surface area contributed by atoms with Crippen LogP contribution >= 0.6 is 11.6 Å². The molecule has 2 aromatic rings. The molecule has 1 aromatic carbocycles. The van der Waals surface area contributed by atoms with Gasteiger partial charge in [0.1, 0.15) is 0 Å². The fraction of sp³-hybridized carbons (Fsp3) is 0.333. The van der Waals surface area contributed by atoms with Crippen LogP contribution in [0.3, 0.4) is 0 Å². The molecule has 2 N–H and O–H groups in total. The summed E-state index contributed by atoms with van der Waals surface area (Å²) in [6.45, 7) is 2.93. The van der Waals surface area contributed by atoms with Crippen LogP contribution in [0, 0.1) is 0 Å². The van der Waals surface area contributed by atoms with E-state index in [0.29, 0.717) is 13.1 Å². The van der Waals surface area contributed by atoms with Crippen LogP contribution in [0.25, 0.3) is 0 Å². The van der Waals surface area contributed by atoms with Crippen LogP contribution in [0.5, 0.6) is 0 Å². The van der Waals surface area contributed by atoms with Crippen LogP contribution in [0.2, 0.25) is 5.02 Å². The standard InChI is InChI=1S/C12H12ClF3N4O/c1-2-17-6-9-19-20-11(21-9)18-10-7(12(14,15)16)4-3-5-8(10)13/h3-5,17H,2,6H2,1H3,(H,18,20). The summed E-state index contributed by atoms with van der Waals surface area (Å²) in [5.74, 6) is 0.264. The topological polar surface area (TPSA) is 63.0 Å². The van der Waals surface area contributed by atoms with Gasteiger partial charge in [0.2, 0.25) is 5.89 Å². The Morgan fingerprint density at radius 1 is 1.29 bits per heavy atom. The highest BCUT2D eigenvalue weighted by atomic mass is 35.5. The Kier molecular flexibility index (Phi) is 4.69. The average Bonchev–Trinajstić information content (AvgIpc) is 2.85. The normalized spacial score (nSPS) is 11.7. The predicted molar refractivity (Wildman–Crippen MR) is 71.4 cm³/mol. The van der Waals surface area contributed by atoms with Crippen molar-refractivity contribution in [3.05, 3.63) is 34.7 Å². The second kappa shape index (κ2) is 6.31. The number of hydrogen-bond acceptors (Lipinski definition) is 5. The second-order valence-electron chi connectivity index (χ2n) is 4.07. The molecule has 0 atom stereocenters. The quantitative estimate of drug-likeness (QED) is 0.881. The molecule has 2 rings (SSSR count).